The lowest BCUT2D eigenvalue weighted by Gasteiger charge is -2.09. The smallest absolute Gasteiger partial charge is 0.344 e. The van der Waals surface area contributed by atoms with Crippen LogP contribution in [0.3, 0.4) is 0 Å². The lowest BCUT2D eigenvalue weighted by Crippen LogP contribution is -2.23. The number of carboxylic acid groups (broad SMARTS) is 1. The minimum absolute atomic E-state index is 0.0986. The average molecular weight is 366 g/mol. The Labute approximate surface area is 151 Å². The summed E-state index contributed by atoms with van der Waals surface area (Å²) in [6, 6.07) is 14.5. The third-order valence-corrected chi connectivity index (χ3v) is 4.95. The number of ether oxygens (including phenoxy) is 1. The Hall–Kier alpha value is -3.19. The van der Waals surface area contributed by atoms with Crippen LogP contribution in [0.25, 0.3) is 22.1 Å². The highest BCUT2D eigenvalue weighted by Crippen LogP contribution is 2.17. The molecule has 1 N–H and O–H groups in total. The molecule has 0 saturated heterocycles. The van der Waals surface area contributed by atoms with Gasteiger partial charge in [-0.05, 0) is 42.8 Å². The zero-order valence-corrected chi connectivity index (χ0v) is 14.6. The van der Waals surface area contributed by atoms with Crippen LogP contribution in [0.5, 0.6) is 5.75 Å². The maximum Gasteiger partial charge on any atom is 0.344 e. The van der Waals surface area contributed by atoms with Crippen molar-refractivity contribution in [1.29, 1.82) is 0 Å². The first-order valence-corrected chi connectivity index (χ1v) is 8.76. The second-order valence-corrected chi connectivity index (χ2v) is 6.81. The Morgan fingerprint density at radius 3 is 2.69 bits per heavy atom. The number of carboxylic acids is 1. The molecule has 2 aromatic carbocycles. The number of rotatable bonds is 4. The van der Waals surface area contributed by atoms with Gasteiger partial charge in [-0.25, -0.2) is 14.2 Å². The van der Waals surface area contributed by atoms with Crippen molar-refractivity contribution >= 4 is 39.4 Å². The lowest BCUT2D eigenvalue weighted by atomic mass is 10.2. The van der Waals surface area contributed by atoms with E-state index in [2.05, 4.69) is 4.98 Å². The highest BCUT2D eigenvalue weighted by Gasteiger charge is 2.12. The Morgan fingerprint density at radius 1 is 1.23 bits per heavy atom. The molecular formula is C19H14N2O4S. The number of imidazole rings is 1. The molecule has 0 spiro atoms. The van der Waals surface area contributed by atoms with Crippen molar-refractivity contribution in [2.75, 3.05) is 0 Å². The summed E-state index contributed by atoms with van der Waals surface area (Å²) in [6.07, 6.45) is 0.873. The van der Waals surface area contributed by atoms with Gasteiger partial charge in [0.2, 0.25) is 0 Å². The van der Waals surface area contributed by atoms with E-state index in [0.29, 0.717) is 15.2 Å². The third kappa shape index (κ3) is 2.82. The maximum atomic E-state index is 12.7. The molecule has 130 valence electrons. The van der Waals surface area contributed by atoms with E-state index in [4.69, 9.17) is 9.84 Å². The van der Waals surface area contributed by atoms with E-state index in [1.54, 1.807) is 34.7 Å². The second kappa shape index (κ2) is 6.27. The molecule has 26 heavy (non-hydrogen) atoms. The minimum atomic E-state index is -1.02. The van der Waals surface area contributed by atoms with Gasteiger partial charge < -0.3 is 9.84 Å². The molecule has 2 heterocycles. The fourth-order valence-corrected chi connectivity index (χ4v) is 3.65. The SMILES string of the molecule is C[C@H](Oc1ccc(/C=c2/sc3nc4ccccc4n3c2=O)cc1)C(=O)O. The lowest BCUT2D eigenvalue weighted by molar-refractivity contribution is -0.144. The van der Waals surface area contributed by atoms with Gasteiger partial charge >= 0.3 is 5.97 Å². The number of thiazole rings is 1. The van der Waals surface area contributed by atoms with E-state index in [9.17, 15) is 9.59 Å². The van der Waals surface area contributed by atoms with Crippen LogP contribution in [0, 0.1) is 0 Å². The molecule has 6 nitrogen and oxygen atoms in total. The minimum Gasteiger partial charge on any atom is -0.479 e. The van der Waals surface area contributed by atoms with Crippen molar-refractivity contribution in [1.82, 2.24) is 9.38 Å². The molecule has 0 bridgehead atoms. The van der Waals surface area contributed by atoms with Crippen LogP contribution in [-0.4, -0.2) is 26.6 Å². The normalized spacial score (nSPS) is 13.3. The van der Waals surface area contributed by atoms with Crippen LogP contribution in [0.15, 0.2) is 53.3 Å². The van der Waals surface area contributed by atoms with E-state index in [0.717, 1.165) is 16.6 Å². The van der Waals surface area contributed by atoms with Gasteiger partial charge in [0.1, 0.15) is 5.75 Å². The van der Waals surface area contributed by atoms with Crippen LogP contribution in [-0.2, 0) is 4.79 Å². The number of para-hydroxylation sites is 2. The highest BCUT2D eigenvalue weighted by molar-refractivity contribution is 7.15. The van der Waals surface area contributed by atoms with Gasteiger partial charge in [-0.2, -0.15) is 0 Å². The van der Waals surface area contributed by atoms with Crippen molar-refractivity contribution in [2.45, 2.75) is 13.0 Å². The van der Waals surface area contributed by atoms with Crippen LogP contribution in [0.1, 0.15) is 12.5 Å². The van der Waals surface area contributed by atoms with Crippen LogP contribution >= 0.6 is 11.3 Å². The van der Waals surface area contributed by atoms with Gasteiger partial charge in [-0.1, -0.05) is 35.6 Å². The Kier molecular flexibility index (Phi) is 3.93. The zero-order valence-electron chi connectivity index (χ0n) is 13.7. The predicted molar refractivity (Wildman–Crippen MR) is 99.8 cm³/mol. The highest BCUT2D eigenvalue weighted by atomic mass is 32.1. The summed E-state index contributed by atoms with van der Waals surface area (Å²) < 4.78 is 7.51. The number of nitrogens with zero attached hydrogens (tertiary/aromatic N) is 2. The molecule has 2 aromatic heterocycles. The Balaban J connectivity index is 1.71. The number of carbonyl (C=O) groups is 1. The van der Waals surface area contributed by atoms with Crippen LogP contribution in [0.2, 0.25) is 0 Å². The summed E-state index contributed by atoms with van der Waals surface area (Å²) >= 11 is 1.34. The van der Waals surface area contributed by atoms with Gasteiger partial charge in [0, 0.05) is 0 Å². The molecule has 0 radical (unpaired) electrons. The molecule has 0 unspecified atom stereocenters. The largest absolute Gasteiger partial charge is 0.479 e. The van der Waals surface area contributed by atoms with Crippen molar-refractivity contribution < 1.29 is 14.6 Å². The summed E-state index contributed by atoms with van der Waals surface area (Å²) in [7, 11) is 0. The van der Waals surface area contributed by atoms with E-state index < -0.39 is 12.1 Å². The Morgan fingerprint density at radius 2 is 1.96 bits per heavy atom. The quantitative estimate of drug-likeness (QED) is 0.599. The number of hydrogen-bond donors (Lipinski definition) is 1. The monoisotopic (exact) mass is 366 g/mol. The molecule has 4 rings (SSSR count). The van der Waals surface area contributed by atoms with Gasteiger partial charge in [0.25, 0.3) is 5.56 Å². The van der Waals surface area contributed by atoms with Crippen LogP contribution in [0.4, 0.5) is 0 Å². The van der Waals surface area contributed by atoms with Crippen molar-refractivity contribution in [3.05, 3.63) is 69.0 Å². The molecule has 0 aliphatic heterocycles. The summed E-state index contributed by atoms with van der Waals surface area (Å²) in [4.78, 5) is 28.7. The van der Waals surface area contributed by atoms with Gasteiger partial charge in [-0.15, -0.1) is 0 Å². The molecule has 0 fully saturated rings. The zero-order chi connectivity index (χ0) is 18.3. The van der Waals surface area contributed by atoms with Gasteiger partial charge in [-0.3, -0.25) is 4.79 Å². The third-order valence-electron chi connectivity index (χ3n) is 3.98. The van der Waals surface area contributed by atoms with Crippen molar-refractivity contribution in [3.8, 4) is 5.75 Å². The van der Waals surface area contributed by atoms with Crippen molar-refractivity contribution in [2.24, 2.45) is 0 Å². The number of fused-ring (bicyclic) bond motifs is 3. The van der Waals surface area contributed by atoms with Crippen LogP contribution < -0.4 is 14.8 Å². The average Bonchev–Trinajstić information content (AvgIpc) is 3.13. The summed E-state index contributed by atoms with van der Waals surface area (Å²) in [5, 5.41) is 8.87. The molecule has 0 aliphatic carbocycles. The molecule has 0 aliphatic rings. The predicted octanol–water partition coefficient (Wildman–Crippen LogP) is 2.31. The second-order valence-electron chi connectivity index (χ2n) is 5.80. The van der Waals surface area contributed by atoms with E-state index in [1.807, 2.05) is 24.3 Å². The summed E-state index contributed by atoms with van der Waals surface area (Å²) in [5.41, 5.74) is 2.33. The fraction of sp³-hybridized carbons (Fsp3) is 0.105. The van der Waals surface area contributed by atoms with Gasteiger partial charge in [0.05, 0.1) is 15.6 Å². The number of benzene rings is 2. The fourth-order valence-electron chi connectivity index (χ4n) is 2.66. The Bertz CT molecular complexity index is 1220. The number of aromatic nitrogens is 2. The van der Waals surface area contributed by atoms with E-state index in [1.165, 1.54) is 18.3 Å². The molecule has 1 atom stereocenters. The molecule has 4 aromatic rings. The standard InChI is InChI=1S/C19H14N2O4S/c1-11(18(23)24)25-13-8-6-12(7-9-13)10-16-17(22)21-15-5-3-2-4-14(15)20-19(21)26-16/h2-11H,1H3,(H,23,24)/b16-10+/t11-/m0/s1. The first kappa shape index (κ1) is 16.3. The maximum absolute atomic E-state index is 12.7. The topological polar surface area (TPSA) is 80.9 Å². The first-order chi connectivity index (χ1) is 12.5. The molecule has 0 saturated carbocycles. The first-order valence-electron chi connectivity index (χ1n) is 7.94. The van der Waals surface area contributed by atoms with Gasteiger partial charge in [0.15, 0.2) is 11.1 Å². The summed E-state index contributed by atoms with van der Waals surface area (Å²) in [5.74, 6) is -0.558. The van der Waals surface area contributed by atoms with E-state index in [-0.39, 0.29) is 5.56 Å². The molecule has 7 heteroatoms. The molecular weight excluding hydrogens is 352 g/mol. The number of aliphatic carboxylic acids is 1. The summed E-state index contributed by atoms with van der Waals surface area (Å²) in [6.45, 7) is 1.47. The molecule has 0 amide bonds. The number of hydrogen-bond acceptors (Lipinski definition) is 5. The van der Waals surface area contributed by atoms with Crippen molar-refractivity contribution in [3.63, 3.8) is 0 Å². The van der Waals surface area contributed by atoms with E-state index >= 15 is 0 Å².